The summed E-state index contributed by atoms with van der Waals surface area (Å²) in [6, 6.07) is 2.39. The summed E-state index contributed by atoms with van der Waals surface area (Å²) < 4.78 is 39.7. The number of hydrogen-bond acceptors (Lipinski definition) is 4. The van der Waals surface area contributed by atoms with Gasteiger partial charge in [-0.3, -0.25) is 0 Å². The number of anilines is 1. The third-order valence-corrected chi connectivity index (χ3v) is 5.66. The molecule has 0 aliphatic carbocycles. The molecule has 0 saturated carbocycles. The number of nitrogens with zero attached hydrogens (tertiary/aromatic N) is 1. The quantitative estimate of drug-likeness (QED) is 0.794. The van der Waals surface area contributed by atoms with Crippen molar-refractivity contribution in [3.63, 3.8) is 0 Å². The molecular formula is C12H16BrFN2O3S. The van der Waals surface area contributed by atoms with Gasteiger partial charge in [0.05, 0.1) is 10.1 Å². The van der Waals surface area contributed by atoms with Crippen LogP contribution in [0.25, 0.3) is 0 Å². The van der Waals surface area contributed by atoms with Crippen molar-refractivity contribution in [3.8, 4) is 0 Å². The average molecular weight is 367 g/mol. The van der Waals surface area contributed by atoms with Gasteiger partial charge in [0.2, 0.25) is 10.0 Å². The van der Waals surface area contributed by atoms with Crippen LogP contribution in [0, 0.1) is 5.82 Å². The fourth-order valence-electron chi connectivity index (χ4n) is 2.31. The smallest absolute Gasteiger partial charge is 0.246 e. The first-order valence-electron chi connectivity index (χ1n) is 6.17. The highest BCUT2D eigenvalue weighted by Gasteiger charge is 2.47. The molecule has 1 aliphatic heterocycles. The molecule has 1 aromatic carbocycles. The van der Waals surface area contributed by atoms with Gasteiger partial charge in [0.15, 0.2) is 5.82 Å². The minimum atomic E-state index is -3.98. The van der Waals surface area contributed by atoms with E-state index in [0.29, 0.717) is 6.42 Å². The maximum Gasteiger partial charge on any atom is 0.246 e. The largest absolute Gasteiger partial charge is 0.399 e. The number of nitrogen functional groups attached to an aromatic ring is 1. The number of sulfonamides is 1. The molecular weight excluding hydrogens is 351 g/mol. The standard InChI is InChI=1S/C12H16BrFN2O3S/c1-2-3-12(17)6-16(7-12)20(18,19)10-5-8(15)4-9(13)11(10)14/h4-5,17H,2-3,6-7,15H2,1H3. The minimum Gasteiger partial charge on any atom is -0.399 e. The summed E-state index contributed by atoms with van der Waals surface area (Å²) in [7, 11) is -3.98. The molecule has 1 aromatic rings. The van der Waals surface area contributed by atoms with Crippen LogP contribution in [0.2, 0.25) is 0 Å². The van der Waals surface area contributed by atoms with Gasteiger partial charge in [-0.05, 0) is 34.5 Å². The lowest BCUT2D eigenvalue weighted by atomic mass is 9.92. The Bertz CT molecular complexity index is 630. The van der Waals surface area contributed by atoms with E-state index in [9.17, 15) is 17.9 Å². The second-order valence-corrected chi connectivity index (χ2v) is 7.82. The monoisotopic (exact) mass is 366 g/mol. The first-order valence-corrected chi connectivity index (χ1v) is 8.40. The molecule has 112 valence electrons. The van der Waals surface area contributed by atoms with Gasteiger partial charge >= 0.3 is 0 Å². The summed E-state index contributed by atoms with van der Waals surface area (Å²) >= 11 is 2.94. The molecule has 0 amide bonds. The zero-order valence-corrected chi connectivity index (χ0v) is 13.3. The van der Waals surface area contributed by atoms with E-state index in [2.05, 4.69) is 15.9 Å². The average Bonchev–Trinajstić information content (AvgIpc) is 2.30. The van der Waals surface area contributed by atoms with Crippen molar-refractivity contribution in [3.05, 3.63) is 22.4 Å². The fourth-order valence-corrected chi connectivity index (χ4v) is 4.64. The highest BCUT2D eigenvalue weighted by molar-refractivity contribution is 9.10. The third kappa shape index (κ3) is 2.69. The lowest BCUT2D eigenvalue weighted by Crippen LogP contribution is -2.63. The van der Waals surface area contributed by atoms with Crippen LogP contribution >= 0.6 is 15.9 Å². The van der Waals surface area contributed by atoms with Gasteiger partial charge in [0, 0.05) is 18.8 Å². The molecule has 0 spiro atoms. The lowest BCUT2D eigenvalue weighted by Gasteiger charge is -2.45. The summed E-state index contributed by atoms with van der Waals surface area (Å²) in [5.41, 5.74) is 4.71. The molecule has 0 atom stereocenters. The minimum absolute atomic E-state index is 0.000387. The van der Waals surface area contributed by atoms with Crippen molar-refractivity contribution in [2.75, 3.05) is 18.8 Å². The zero-order chi connectivity index (χ0) is 15.1. The molecule has 2 rings (SSSR count). The van der Waals surface area contributed by atoms with Crippen LogP contribution in [0.1, 0.15) is 19.8 Å². The summed E-state index contributed by atoms with van der Waals surface area (Å²) in [5, 5.41) is 10.0. The van der Waals surface area contributed by atoms with E-state index in [0.717, 1.165) is 16.8 Å². The van der Waals surface area contributed by atoms with Crippen molar-refractivity contribution in [2.24, 2.45) is 0 Å². The molecule has 1 saturated heterocycles. The van der Waals surface area contributed by atoms with E-state index in [1.807, 2.05) is 6.92 Å². The molecule has 0 bridgehead atoms. The normalized spacial score (nSPS) is 18.8. The van der Waals surface area contributed by atoms with Crippen LogP contribution in [0.15, 0.2) is 21.5 Å². The molecule has 5 nitrogen and oxygen atoms in total. The molecule has 1 fully saturated rings. The number of nitrogens with two attached hydrogens (primary N) is 1. The summed E-state index contributed by atoms with van der Waals surface area (Å²) in [4.78, 5) is -0.470. The van der Waals surface area contributed by atoms with Crippen LogP contribution < -0.4 is 5.73 Å². The Hall–Kier alpha value is -0.700. The number of rotatable bonds is 4. The first-order chi connectivity index (χ1) is 9.19. The van der Waals surface area contributed by atoms with Crippen molar-refractivity contribution in [2.45, 2.75) is 30.3 Å². The number of aliphatic hydroxyl groups is 1. The SMILES string of the molecule is CCCC1(O)CN(S(=O)(=O)c2cc(N)cc(Br)c2F)C1. The van der Waals surface area contributed by atoms with E-state index in [1.165, 1.54) is 6.07 Å². The van der Waals surface area contributed by atoms with Crippen LogP contribution in [-0.2, 0) is 10.0 Å². The van der Waals surface area contributed by atoms with Crippen molar-refractivity contribution >= 4 is 31.6 Å². The Morgan fingerprint density at radius 1 is 1.50 bits per heavy atom. The van der Waals surface area contributed by atoms with E-state index in [4.69, 9.17) is 5.73 Å². The number of hydrogen-bond donors (Lipinski definition) is 2. The highest BCUT2D eigenvalue weighted by atomic mass is 79.9. The van der Waals surface area contributed by atoms with Gasteiger partial charge < -0.3 is 10.8 Å². The maximum atomic E-state index is 14.0. The molecule has 0 radical (unpaired) electrons. The Kier molecular flexibility index (Phi) is 4.12. The van der Waals surface area contributed by atoms with E-state index >= 15 is 0 Å². The Morgan fingerprint density at radius 3 is 2.65 bits per heavy atom. The predicted molar refractivity (Wildman–Crippen MR) is 77.1 cm³/mol. The molecule has 1 heterocycles. The molecule has 20 heavy (non-hydrogen) atoms. The van der Waals surface area contributed by atoms with Gasteiger partial charge in [0.1, 0.15) is 4.90 Å². The summed E-state index contributed by atoms with van der Waals surface area (Å²) in [6.45, 7) is 1.87. The molecule has 3 N–H and O–H groups in total. The Labute approximate surface area is 125 Å². The van der Waals surface area contributed by atoms with Crippen molar-refractivity contribution in [1.82, 2.24) is 4.31 Å². The number of halogens is 2. The maximum absolute atomic E-state index is 14.0. The topological polar surface area (TPSA) is 83.6 Å². The van der Waals surface area contributed by atoms with Gasteiger partial charge in [-0.1, -0.05) is 13.3 Å². The van der Waals surface area contributed by atoms with Crippen LogP contribution in [-0.4, -0.2) is 36.5 Å². The van der Waals surface area contributed by atoms with Crippen LogP contribution in [0.3, 0.4) is 0 Å². The van der Waals surface area contributed by atoms with E-state index < -0.39 is 26.3 Å². The van der Waals surface area contributed by atoms with E-state index in [-0.39, 0.29) is 23.2 Å². The van der Waals surface area contributed by atoms with Crippen molar-refractivity contribution < 1.29 is 17.9 Å². The Balaban J connectivity index is 2.30. The third-order valence-electron chi connectivity index (χ3n) is 3.29. The highest BCUT2D eigenvalue weighted by Crippen LogP contribution is 2.34. The predicted octanol–water partition coefficient (Wildman–Crippen LogP) is 1.71. The second-order valence-electron chi connectivity index (χ2n) is 5.06. The molecule has 0 unspecified atom stereocenters. The van der Waals surface area contributed by atoms with Gasteiger partial charge in [-0.15, -0.1) is 0 Å². The summed E-state index contributed by atoms with van der Waals surface area (Å²) in [5.74, 6) is -0.870. The first kappa shape index (κ1) is 15.7. The number of β-amino-alcohol motifs (C(OH)–C–C–N with tert-alkyl or cyclic N) is 1. The van der Waals surface area contributed by atoms with Gasteiger partial charge in [0.25, 0.3) is 0 Å². The van der Waals surface area contributed by atoms with Gasteiger partial charge in [-0.2, -0.15) is 4.31 Å². The van der Waals surface area contributed by atoms with Crippen LogP contribution in [0.4, 0.5) is 10.1 Å². The molecule has 0 aromatic heterocycles. The zero-order valence-electron chi connectivity index (χ0n) is 10.9. The van der Waals surface area contributed by atoms with E-state index in [1.54, 1.807) is 0 Å². The Morgan fingerprint density at radius 2 is 2.10 bits per heavy atom. The lowest BCUT2D eigenvalue weighted by molar-refractivity contribution is -0.0654. The molecule has 1 aliphatic rings. The molecule has 8 heteroatoms. The number of benzene rings is 1. The van der Waals surface area contributed by atoms with Gasteiger partial charge in [-0.25, -0.2) is 12.8 Å². The summed E-state index contributed by atoms with van der Waals surface area (Å²) in [6.07, 6.45) is 1.27. The fraction of sp³-hybridized carbons (Fsp3) is 0.500. The van der Waals surface area contributed by atoms with Crippen LogP contribution in [0.5, 0.6) is 0 Å². The van der Waals surface area contributed by atoms with Crippen molar-refractivity contribution in [1.29, 1.82) is 0 Å². The second kappa shape index (κ2) is 5.25.